The Morgan fingerprint density at radius 1 is 1.33 bits per heavy atom. The van der Waals surface area contributed by atoms with Crippen LogP contribution >= 0.6 is 0 Å². The molecule has 4 atom stereocenters. The Bertz CT molecular complexity index is 550. The van der Waals surface area contributed by atoms with Gasteiger partial charge in [0.2, 0.25) is 0 Å². The van der Waals surface area contributed by atoms with E-state index in [1.807, 2.05) is 0 Å². The number of aromatic nitrogens is 2. The summed E-state index contributed by atoms with van der Waals surface area (Å²) < 4.78 is 7.06. The van der Waals surface area contributed by atoms with Crippen LogP contribution in [-0.2, 0) is 11.8 Å². The fourth-order valence-corrected chi connectivity index (χ4v) is 1.89. The first-order valence-electron chi connectivity index (χ1n) is 5.38. The molecule has 1 saturated heterocycles. The predicted octanol–water partition coefficient (Wildman–Crippen LogP) is -2.84. The number of hydrogen-bond donors (Lipinski definition) is 3. The summed E-state index contributed by atoms with van der Waals surface area (Å²) in [6, 6.07) is 1.15. The Labute approximate surface area is 101 Å². The van der Waals surface area contributed by atoms with Crippen molar-refractivity contribution < 1.29 is 20.1 Å². The van der Waals surface area contributed by atoms with E-state index in [2.05, 4.69) is 0 Å². The van der Waals surface area contributed by atoms with Gasteiger partial charge in [0, 0.05) is 19.3 Å². The maximum atomic E-state index is 11.8. The molecule has 0 unspecified atom stereocenters. The van der Waals surface area contributed by atoms with Gasteiger partial charge in [-0.2, -0.15) is 0 Å². The van der Waals surface area contributed by atoms with Gasteiger partial charge in [0.15, 0.2) is 6.23 Å². The second-order valence-corrected chi connectivity index (χ2v) is 4.13. The molecule has 0 spiro atoms. The summed E-state index contributed by atoms with van der Waals surface area (Å²) in [5, 5.41) is 28.3. The van der Waals surface area contributed by atoms with Crippen LogP contribution in [0.5, 0.6) is 0 Å². The largest absolute Gasteiger partial charge is 0.394 e. The van der Waals surface area contributed by atoms with Crippen LogP contribution in [0.3, 0.4) is 0 Å². The molecule has 18 heavy (non-hydrogen) atoms. The number of hydrogen-bond acceptors (Lipinski definition) is 6. The van der Waals surface area contributed by atoms with Gasteiger partial charge < -0.3 is 20.1 Å². The van der Waals surface area contributed by atoms with Crippen molar-refractivity contribution in [3.05, 3.63) is 33.1 Å². The average molecular weight is 258 g/mol. The van der Waals surface area contributed by atoms with E-state index in [9.17, 15) is 19.8 Å². The van der Waals surface area contributed by atoms with Gasteiger partial charge in [-0.05, 0) is 0 Å². The number of aliphatic hydroxyl groups is 3. The zero-order chi connectivity index (χ0) is 13.4. The molecule has 1 aliphatic heterocycles. The molecule has 1 fully saturated rings. The highest BCUT2D eigenvalue weighted by molar-refractivity contribution is 4.93. The SMILES string of the molecule is Cn1c(=O)ccn([C@@H]2O[C@@H](CO)[C@@H](O)[C@H]2O)c1=O. The first kappa shape index (κ1) is 13.0. The summed E-state index contributed by atoms with van der Waals surface area (Å²) in [7, 11) is 1.29. The molecule has 8 heteroatoms. The lowest BCUT2D eigenvalue weighted by molar-refractivity contribution is -0.0555. The first-order chi connectivity index (χ1) is 8.47. The van der Waals surface area contributed by atoms with E-state index in [0.717, 1.165) is 15.2 Å². The molecular formula is C10H14N2O6. The molecular weight excluding hydrogens is 244 g/mol. The maximum Gasteiger partial charge on any atom is 0.332 e. The molecule has 2 rings (SSSR count). The van der Waals surface area contributed by atoms with Gasteiger partial charge in [0.05, 0.1) is 6.61 Å². The summed E-state index contributed by atoms with van der Waals surface area (Å²) in [6.45, 7) is -0.477. The van der Waals surface area contributed by atoms with E-state index in [4.69, 9.17) is 9.84 Å². The third-order valence-corrected chi connectivity index (χ3v) is 3.01. The maximum absolute atomic E-state index is 11.8. The van der Waals surface area contributed by atoms with Crippen molar-refractivity contribution >= 4 is 0 Å². The van der Waals surface area contributed by atoms with E-state index in [1.54, 1.807) is 0 Å². The molecule has 0 aliphatic carbocycles. The Hall–Kier alpha value is -1.48. The minimum absolute atomic E-state index is 0.477. The van der Waals surface area contributed by atoms with Crippen molar-refractivity contribution in [2.45, 2.75) is 24.5 Å². The fraction of sp³-hybridized carbons (Fsp3) is 0.600. The van der Waals surface area contributed by atoms with Crippen LogP contribution in [0.4, 0.5) is 0 Å². The van der Waals surface area contributed by atoms with Crippen molar-refractivity contribution in [3.63, 3.8) is 0 Å². The molecule has 1 aliphatic rings. The van der Waals surface area contributed by atoms with Crippen LogP contribution in [0.15, 0.2) is 21.9 Å². The molecule has 0 amide bonds. The Morgan fingerprint density at radius 2 is 2.00 bits per heavy atom. The van der Waals surface area contributed by atoms with E-state index in [0.29, 0.717) is 0 Å². The third kappa shape index (κ3) is 1.89. The highest BCUT2D eigenvalue weighted by Crippen LogP contribution is 2.27. The van der Waals surface area contributed by atoms with Crippen LogP contribution in [0.1, 0.15) is 6.23 Å². The number of rotatable bonds is 2. The molecule has 0 aromatic carbocycles. The Balaban J connectivity index is 2.42. The molecule has 100 valence electrons. The lowest BCUT2D eigenvalue weighted by Gasteiger charge is -2.17. The zero-order valence-electron chi connectivity index (χ0n) is 9.63. The van der Waals surface area contributed by atoms with Crippen LogP contribution in [0, 0.1) is 0 Å². The third-order valence-electron chi connectivity index (χ3n) is 3.01. The number of ether oxygens (including phenoxy) is 1. The Morgan fingerprint density at radius 3 is 2.56 bits per heavy atom. The summed E-state index contributed by atoms with van der Waals surface area (Å²) in [5.41, 5.74) is -1.15. The molecule has 8 nitrogen and oxygen atoms in total. The van der Waals surface area contributed by atoms with Crippen molar-refractivity contribution in [2.24, 2.45) is 7.05 Å². The van der Waals surface area contributed by atoms with E-state index in [-0.39, 0.29) is 0 Å². The molecule has 0 radical (unpaired) electrons. The standard InChI is InChI=1S/C10H14N2O6/c1-11-6(14)2-3-12(10(11)17)9-8(16)7(15)5(4-13)18-9/h2-3,5,7-9,13,15-16H,4H2,1H3/t5-,7+,8+,9+/m0/s1. The Kier molecular flexibility index (Phi) is 3.35. The predicted molar refractivity (Wildman–Crippen MR) is 59.0 cm³/mol. The van der Waals surface area contributed by atoms with E-state index < -0.39 is 42.4 Å². The average Bonchev–Trinajstić information content (AvgIpc) is 2.64. The van der Waals surface area contributed by atoms with Gasteiger partial charge in [-0.3, -0.25) is 13.9 Å². The second-order valence-electron chi connectivity index (χ2n) is 4.13. The van der Waals surface area contributed by atoms with Gasteiger partial charge in [-0.1, -0.05) is 0 Å². The van der Waals surface area contributed by atoms with Gasteiger partial charge in [0.25, 0.3) is 5.56 Å². The topological polar surface area (TPSA) is 114 Å². The minimum atomic E-state index is -1.35. The fourth-order valence-electron chi connectivity index (χ4n) is 1.89. The summed E-state index contributed by atoms with van der Waals surface area (Å²) in [5.74, 6) is 0. The van der Waals surface area contributed by atoms with Gasteiger partial charge >= 0.3 is 5.69 Å². The van der Waals surface area contributed by atoms with Crippen molar-refractivity contribution in [1.82, 2.24) is 9.13 Å². The molecule has 0 saturated carbocycles. The summed E-state index contributed by atoms with van der Waals surface area (Å²) in [6.07, 6.45) is -3.54. The highest BCUT2D eigenvalue weighted by atomic mass is 16.6. The number of aliphatic hydroxyl groups excluding tert-OH is 3. The molecule has 0 bridgehead atoms. The minimum Gasteiger partial charge on any atom is -0.394 e. The van der Waals surface area contributed by atoms with Gasteiger partial charge in [0.1, 0.15) is 18.3 Å². The van der Waals surface area contributed by atoms with E-state index in [1.165, 1.54) is 13.2 Å². The summed E-state index contributed by atoms with van der Waals surface area (Å²) in [4.78, 5) is 23.0. The van der Waals surface area contributed by atoms with Crippen molar-refractivity contribution in [1.29, 1.82) is 0 Å². The van der Waals surface area contributed by atoms with Crippen LogP contribution in [-0.4, -0.2) is 49.4 Å². The van der Waals surface area contributed by atoms with Gasteiger partial charge in [-0.15, -0.1) is 0 Å². The summed E-state index contributed by atoms with van der Waals surface area (Å²) >= 11 is 0. The monoisotopic (exact) mass is 258 g/mol. The molecule has 3 N–H and O–H groups in total. The second kappa shape index (κ2) is 4.65. The molecule has 1 aromatic heterocycles. The lowest BCUT2D eigenvalue weighted by atomic mass is 10.1. The smallest absolute Gasteiger partial charge is 0.332 e. The number of nitrogens with zero attached hydrogens (tertiary/aromatic N) is 2. The zero-order valence-corrected chi connectivity index (χ0v) is 9.63. The van der Waals surface area contributed by atoms with Crippen LogP contribution < -0.4 is 11.2 Å². The van der Waals surface area contributed by atoms with Crippen molar-refractivity contribution in [2.75, 3.05) is 6.61 Å². The normalized spacial score (nSPS) is 31.8. The molecule has 1 aromatic rings. The van der Waals surface area contributed by atoms with Crippen LogP contribution in [0.25, 0.3) is 0 Å². The molecule has 2 heterocycles. The van der Waals surface area contributed by atoms with Crippen LogP contribution in [0.2, 0.25) is 0 Å². The van der Waals surface area contributed by atoms with Crippen molar-refractivity contribution in [3.8, 4) is 0 Å². The quantitative estimate of drug-likeness (QED) is 0.526. The van der Waals surface area contributed by atoms with Gasteiger partial charge in [-0.25, -0.2) is 4.79 Å². The highest BCUT2D eigenvalue weighted by Gasteiger charge is 2.43. The lowest BCUT2D eigenvalue weighted by Crippen LogP contribution is -2.41. The van der Waals surface area contributed by atoms with E-state index >= 15 is 0 Å². The first-order valence-corrected chi connectivity index (χ1v) is 5.38.